The van der Waals surface area contributed by atoms with Gasteiger partial charge in [-0.2, -0.15) is 0 Å². The van der Waals surface area contributed by atoms with Gasteiger partial charge in [-0.1, -0.05) is 29.5 Å². The summed E-state index contributed by atoms with van der Waals surface area (Å²) in [5.74, 6) is 0.601. The van der Waals surface area contributed by atoms with Crippen molar-refractivity contribution in [2.45, 2.75) is 38.9 Å². The van der Waals surface area contributed by atoms with E-state index in [2.05, 4.69) is 15.6 Å². The average molecular weight is 532 g/mol. The molecule has 0 radical (unpaired) electrons. The smallest absolute Gasteiger partial charge is 0.249 e. The highest BCUT2D eigenvalue weighted by Gasteiger charge is 2.36. The van der Waals surface area contributed by atoms with Crippen LogP contribution in [0.5, 0.6) is 17.2 Å². The predicted octanol–water partition coefficient (Wildman–Crippen LogP) is 4.15. The van der Waals surface area contributed by atoms with Crippen LogP contribution in [-0.2, 0) is 16.1 Å². The minimum Gasteiger partial charge on any atom is -0.497 e. The quantitative estimate of drug-likeness (QED) is 0.346. The van der Waals surface area contributed by atoms with Gasteiger partial charge in [0.05, 0.1) is 32.5 Å². The standard InChI is InChI=1S/C29H33N5O5/c1-29(2,3)30-28(36)27(19-15-20(37-4)17-21(16-19)38-5)34(24-13-9-10-14-25(24)39-6)26(35)18-33-23-12-8-7-11-22(23)31-32-33/h7-17,27H,18H2,1-6H3,(H,30,36). The molecule has 1 unspecified atom stereocenters. The first-order chi connectivity index (χ1) is 18.6. The number of nitrogens with one attached hydrogen (secondary N) is 1. The molecule has 0 aliphatic rings. The second-order valence-corrected chi connectivity index (χ2v) is 9.96. The molecule has 1 atom stereocenters. The SMILES string of the molecule is COc1cc(OC)cc(C(C(=O)NC(C)(C)C)N(C(=O)Cn2nnc3ccccc32)c2ccccc2OC)c1. The van der Waals surface area contributed by atoms with Gasteiger partial charge in [-0.3, -0.25) is 14.5 Å². The fourth-order valence-electron chi connectivity index (χ4n) is 4.33. The lowest BCUT2D eigenvalue weighted by atomic mass is 9.99. The Balaban J connectivity index is 1.91. The van der Waals surface area contributed by atoms with E-state index in [1.165, 1.54) is 30.9 Å². The molecule has 1 N–H and O–H groups in total. The summed E-state index contributed by atoms with van der Waals surface area (Å²) in [6, 6.07) is 18.5. The Kier molecular flexibility index (Phi) is 8.04. The van der Waals surface area contributed by atoms with E-state index in [-0.39, 0.29) is 12.5 Å². The first-order valence-electron chi connectivity index (χ1n) is 12.4. The number of amides is 2. The lowest BCUT2D eigenvalue weighted by Crippen LogP contribution is -2.50. The number of ether oxygens (including phenoxy) is 3. The van der Waals surface area contributed by atoms with Crippen molar-refractivity contribution in [3.8, 4) is 17.2 Å². The molecule has 4 rings (SSSR count). The van der Waals surface area contributed by atoms with Crippen LogP contribution in [0.1, 0.15) is 32.4 Å². The highest BCUT2D eigenvalue weighted by molar-refractivity contribution is 6.02. The van der Waals surface area contributed by atoms with Gasteiger partial charge >= 0.3 is 0 Å². The number of anilines is 1. The summed E-state index contributed by atoms with van der Waals surface area (Å²) in [6.07, 6.45) is 0. The summed E-state index contributed by atoms with van der Waals surface area (Å²) in [6.45, 7) is 5.47. The van der Waals surface area contributed by atoms with Gasteiger partial charge in [0.2, 0.25) is 11.8 Å². The maximum absolute atomic E-state index is 14.3. The number of benzene rings is 3. The van der Waals surface area contributed by atoms with Crippen LogP contribution in [0, 0.1) is 0 Å². The molecule has 204 valence electrons. The van der Waals surface area contributed by atoms with Crippen LogP contribution in [-0.4, -0.2) is 53.7 Å². The number of aromatic nitrogens is 3. The van der Waals surface area contributed by atoms with Crippen LogP contribution in [0.3, 0.4) is 0 Å². The molecular weight excluding hydrogens is 498 g/mol. The van der Waals surface area contributed by atoms with Crippen molar-refractivity contribution < 1.29 is 23.8 Å². The maximum Gasteiger partial charge on any atom is 0.249 e. The summed E-state index contributed by atoms with van der Waals surface area (Å²) in [5, 5.41) is 11.4. The molecule has 1 aromatic heterocycles. The van der Waals surface area contributed by atoms with Crippen molar-refractivity contribution in [2.75, 3.05) is 26.2 Å². The van der Waals surface area contributed by atoms with Crippen molar-refractivity contribution in [2.24, 2.45) is 0 Å². The summed E-state index contributed by atoms with van der Waals surface area (Å²) >= 11 is 0. The van der Waals surface area contributed by atoms with Crippen molar-refractivity contribution >= 4 is 28.5 Å². The second-order valence-electron chi connectivity index (χ2n) is 9.96. The summed E-state index contributed by atoms with van der Waals surface area (Å²) in [7, 11) is 4.58. The lowest BCUT2D eigenvalue weighted by molar-refractivity contribution is -0.128. The van der Waals surface area contributed by atoms with E-state index in [1.54, 1.807) is 42.5 Å². The van der Waals surface area contributed by atoms with Gasteiger partial charge in [0, 0.05) is 11.6 Å². The molecule has 3 aromatic carbocycles. The van der Waals surface area contributed by atoms with Gasteiger partial charge in [0.1, 0.15) is 35.4 Å². The Morgan fingerprint density at radius 3 is 2.21 bits per heavy atom. The van der Waals surface area contributed by atoms with E-state index in [9.17, 15) is 9.59 Å². The Bertz CT molecular complexity index is 1450. The third-order valence-electron chi connectivity index (χ3n) is 6.01. The topological polar surface area (TPSA) is 108 Å². The number of nitrogens with zero attached hydrogens (tertiary/aromatic N) is 4. The third-order valence-corrected chi connectivity index (χ3v) is 6.01. The Morgan fingerprint density at radius 2 is 1.56 bits per heavy atom. The molecule has 1 heterocycles. The zero-order chi connectivity index (χ0) is 28.2. The van der Waals surface area contributed by atoms with Crippen molar-refractivity contribution in [1.29, 1.82) is 0 Å². The number of rotatable bonds is 9. The Hall–Kier alpha value is -4.60. The minimum atomic E-state index is -1.10. The molecule has 0 saturated heterocycles. The number of para-hydroxylation sites is 3. The second kappa shape index (κ2) is 11.4. The Labute approximate surface area is 227 Å². The highest BCUT2D eigenvalue weighted by Crippen LogP contribution is 2.37. The molecule has 39 heavy (non-hydrogen) atoms. The molecule has 10 nitrogen and oxygen atoms in total. The van der Waals surface area contributed by atoms with Crippen LogP contribution in [0.25, 0.3) is 11.0 Å². The molecular formula is C29H33N5O5. The molecule has 10 heteroatoms. The summed E-state index contributed by atoms with van der Waals surface area (Å²) in [4.78, 5) is 29.7. The first-order valence-corrected chi connectivity index (χ1v) is 12.4. The van der Waals surface area contributed by atoms with Gasteiger partial charge < -0.3 is 19.5 Å². The molecule has 0 fully saturated rings. The number of methoxy groups -OCH3 is 3. The zero-order valence-corrected chi connectivity index (χ0v) is 23.0. The average Bonchev–Trinajstić information content (AvgIpc) is 3.32. The molecule has 4 aromatic rings. The van der Waals surface area contributed by atoms with Crippen molar-refractivity contribution in [3.63, 3.8) is 0 Å². The van der Waals surface area contributed by atoms with E-state index in [1.807, 2.05) is 45.0 Å². The van der Waals surface area contributed by atoms with Crippen LogP contribution in [0.15, 0.2) is 66.7 Å². The number of hydrogen-bond donors (Lipinski definition) is 1. The highest BCUT2D eigenvalue weighted by atomic mass is 16.5. The lowest BCUT2D eigenvalue weighted by Gasteiger charge is -2.34. The van der Waals surface area contributed by atoms with E-state index < -0.39 is 17.5 Å². The van der Waals surface area contributed by atoms with Crippen molar-refractivity contribution in [1.82, 2.24) is 20.3 Å². The summed E-state index contributed by atoms with van der Waals surface area (Å²) < 4.78 is 18.1. The van der Waals surface area contributed by atoms with E-state index in [0.717, 1.165) is 0 Å². The number of carbonyl (C=O) groups is 2. The molecule has 0 aliphatic carbocycles. The summed E-state index contributed by atoms with van der Waals surface area (Å²) in [5.41, 5.74) is 1.70. The van der Waals surface area contributed by atoms with Crippen LogP contribution < -0.4 is 24.4 Å². The Morgan fingerprint density at radius 1 is 0.923 bits per heavy atom. The fourth-order valence-corrected chi connectivity index (χ4v) is 4.33. The maximum atomic E-state index is 14.3. The van der Waals surface area contributed by atoms with Gasteiger partial charge in [-0.15, -0.1) is 5.10 Å². The van der Waals surface area contributed by atoms with Gasteiger partial charge in [-0.05, 0) is 62.7 Å². The number of carbonyl (C=O) groups excluding carboxylic acids is 2. The number of fused-ring (bicyclic) bond motifs is 1. The predicted molar refractivity (Wildman–Crippen MR) is 148 cm³/mol. The van der Waals surface area contributed by atoms with E-state index in [0.29, 0.717) is 39.5 Å². The molecule has 0 spiro atoms. The normalized spacial score (nSPS) is 12.1. The van der Waals surface area contributed by atoms with Crippen LogP contribution >= 0.6 is 0 Å². The zero-order valence-electron chi connectivity index (χ0n) is 23.0. The largest absolute Gasteiger partial charge is 0.497 e. The molecule has 0 bridgehead atoms. The monoisotopic (exact) mass is 531 g/mol. The van der Waals surface area contributed by atoms with Gasteiger partial charge in [0.15, 0.2) is 0 Å². The van der Waals surface area contributed by atoms with Crippen LogP contribution in [0.2, 0.25) is 0 Å². The van der Waals surface area contributed by atoms with E-state index in [4.69, 9.17) is 14.2 Å². The first kappa shape index (κ1) is 27.4. The van der Waals surface area contributed by atoms with E-state index >= 15 is 0 Å². The molecule has 0 saturated carbocycles. The third kappa shape index (κ3) is 6.11. The minimum absolute atomic E-state index is 0.168. The molecule has 0 aliphatic heterocycles. The van der Waals surface area contributed by atoms with Gasteiger partial charge in [0.25, 0.3) is 0 Å². The number of hydrogen-bond acceptors (Lipinski definition) is 7. The van der Waals surface area contributed by atoms with Crippen molar-refractivity contribution in [3.05, 3.63) is 72.3 Å². The molecule has 2 amide bonds. The van der Waals surface area contributed by atoms with Gasteiger partial charge in [-0.25, -0.2) is 4.68 Å². The van der Waals surface area contributed by atoms with Crippen LogP contribution in [0.4, 0.5) is 5.69 Å². The fraction of sp³-hybridized carbons (Fsp3) is 0.310.